The lowest BCUT2D eigenvalue weighted by Gasteiger charge is -2.11. The second-order valence-corrected chi connectivity index (χ2v) is 3.82. The third-order valence-corrected chi connectivity index (χ3v) is 2.11. The van der Waals surface area contributed by atoms with E-state index in [1.54, 1.807) is 0 Å². The summed E-state index contributed by atoms with van der Waals surface area (Å²) in [5.41, 5.74) is 5.56. The van der Waals surface area contributed by atoms with Crippen LogP contribution in [0.4, 0.5) is 0 Å². The molecule has 0 radical (unpaired) electrons. The minimum Gasteiger partial charge on any atom is -0.355 e. The van der Waals surface area contributed by atoms with Crippen molar-refractivity contribution in [2.75, 3.05) is 27.2 Å². The quantitative estimate of drug-likeness (QED) is 0.578. The number of rotatable bonds is 7. The average Bonchev–Trinajstić information content (AvgIpc) is 2.15. The molecule has 0 saturated heterocycles. The van der Waals surface area contributed by atoms with Crippen molar-refractivity contribution >= 4 is 5.91 Å². The fourth-order valence-corrected chi connectivity index (χ4v) is 1.08. The molecule has 0 aromatic carbocycles. The Kier molecular flexibility index (Phi) is 7.42. The van der Waals surface area contributed by atoms with Crippen LogP contribution in [0.15, 0.2) is 0 Å². The number of nitrogens with zero attached hydrogens (tertiary/aromatic N) is 1. The second-order valence-electron chi connectivity index (χ2n) is 3.82. The normalized spacial score (nSPS) is 12.9. The van der Waals surface area contributed by atoms with Crippen molar-refractivity contribution in [1.82, 2.24) is 10.2 Å². The van der Waals surface area contributed by atoms with E-state index in [1.165, 1.54) is 0 Å². The van der Waals surface area contributed by atoms with E-state index < -0.39 is 0 Å². The molecule has 4 heteroatoms. The zero-order valence-electron chi connectivity index (χ0n) is 9.55. The summed E-state index contributed by atoms with van der Waals surface area (Å²) in [6.07, 6.45) is 2.82. The molecule has 0 saturated carbocycles. The van der Waals surface area contributed by atoms with Gasteiger partial charge in [-0.15, -0.1) is 0 Å². The highest BCUT2D eigenvalue weighted by Gasteiger charge is 2.08. The highest BCUT2D eigenvalue weighted by molar-refractivity contribution is 5.81. The van der Waals surface area contributed by atoms with Crippen LogP contribution in [0.3, 0.4) is 0 Å². The van der Waals surface area contributed by atoms with E-state index in [2.05, 4.69) is 10.2 Å². The van der Waals surface area contributed by atoms with Gasteiger partial charge in [0.15, 0.2) is 0 Å². The number of hydrogen-bond donors (Lipinski definition) is 2. The third kappa shape index (κ3) is 6.86. The van der Waals surface area contributed by atoms with Gasteiger partial charge in [0.2, 0.25) is 5.91 Å². The average molecular weight is 201 g/mol. The maximum atomic E-state index is 11.2. The van der Waals surface area contributed by atoms with Gasteiger partial charge >= 0.3 is 0 Å². The summed E-state index contributed by atoms with van der Waals surface area (Å²) in [6, 6.07) is -0.344. The van der Waals surface area contributed by atoms with Gasteiger partial charge in [0.1, 0.15) is 0 Å². The SMILES string of the molecule is CCC(N)C(=O)NCCCCN(C)C. The fourth-order valence-electron chi connectivity index (χ4n) is 1.08. The molecule has 14 heavy (non-hydrogen) atoms. The van der Waals surface area contributed by atoms with Gasteiger partial charge in [-0.25, -0.2) is 0 Å². The first kappa shape index (κ1) is 13.4. The fraction of sp³-hybridized carbons (Fsp3) is 0.900. The number of unbranched alkanes of at least 4 members (excludes halogenated alkanes) is 1. The van der Waals surface area contributed by atoms with E-state index in [1.807, 2.05) is 21.0 Å². The molecule has 84 valence electrons. The van der Waals surface area contributed by atoms with Gasteiger partial charge in [-0.2, -0.15) is 0 Å². The molecule has 0 fully saturated rings. The Bertz CT molecular complexity index is 159. The van der Waals surface area contributed by atoms with E-state index in [0.717, 1.165) is 25.9 Å². The molecule has 0 bridgehead atoms. The second kappa shape index (κ2) is 7.76. The van der Waals surface area contributed by atoms with Gasteiger partial charge in [-0.3, -0.25) is 4.79 Å². The first-order chi connectivity index (χ1) is 6.57. The van der Waals surface area contributed by atoms with Gasteiger partial charge < -0.3 is 16.0 Å². The van der Waals surface area contributed by atoms with Gasteiger partial charge in [-0.05, 0) is 39.9 Å². The molecule has 0 spiro atoms. The Labute approximate surface area is 86.8 Å². The summed E-state index contributed by atoms with van der Waals surface area (Å²) < 4.78 is 0. The number of hydrogen-bond acceptors (Lipinski definition) is 3. The van der Waals surface area contributed by atoms with E-state index in [4.69, 9.17) is 5.73 Å². The van der Waals surface area contributed by atoms with Crippen LogP contribution in [0.2, 0.25) is 0 Å². The van der Waals surface area contributed by atoms with Crippen LogP contribution in [0.1, 0.15) is 26.2 Å². The van der Waals surface area contributed by atoms with Crippen molar-refractivity contribution in [2.24, 2.45) is 5.73 Å². The number of amides is 1. The van der Waals surface area contributed by atoms with Gasteiger partial charge in [-0.1, -0.05) is 6.92 Å². The lowest BCUT2D eigenvalue weighted by Crippen LogP contribution is -2.40. The zero-order valence-corrected chi connectivity index (χ0v) is 9.55. The summed E-state index contributed by atoms with van der Waals surface area (Å²) in [5, 5.41) is 2.82. The van der Waals surface area contributed by atoms with Crippen LogP contribution in [-0.2, 0) is 4.79 Å². The Morgan fingerprint density at radius 2 is 2.07 bits per heavy atom. The highest BCUT2D eigenvalue weighted by atomic mass is 16.2. The van der Waals surface area contributed by atoms with E-state index in [9.17, 15) is 4.79 Å². The Hall–Kier alpha value is -0.610. The topological polar surface area (TPSA) is 58.4 Å². The van der Waals surface area contributed by atoms with E-state index in [0.29, 0.717) is 6.42 Å². The lowest BCUT2D eigenvalue weighted by molar-refractivity contribution is -0.122. The van der Waals surface area contributed by atoms with Gasteiger partial charge in [0.05, 0.1) is 6.04 Å². The number of nitrogens with two attached hydrogens (primary N) is 1. The number of nitrogens with one attached hydrogen (secondary N) is 1. The minimum atomic E-state index is -0.344. The lowest BCUT2D eigenvalue weighted by atomic mass is 10.2. The molecular weight excluding hydrogens is 178 g/mol. The summed E-state index contributed by atoms with van der Waals surface area (Å²) >= 11 is 0. The van der Waals surface area contributed by atoms with Crippen molar-refractivity contribution in [3.05, 3.63) is 0 Å². The molecule has 1 atom stereocenters. The summed E-state index contributed by atoms with van der Waals surface area (Å²) in [7, 11) is 4.09. The largest absolute Gasteiger partial charge is 0.355 e. The molecule has 4 nitrogen and oxygen atoms in total. The monoisotopic (exact) mass is 201 g/mol. The molecule has 0 heterocycles. The molecule has 3 N–H and O–H groups in total. The molecule has 0 rings (SSSR count). The molecular formula is C10H23N3O. The summed E-state index contributed by atoms with van der Waals surface area (Å²) in [6.45, 7) is 3.71. The zero-order chi connectivity index (χ0) is 11.0. The van der Waals surface area contributed by atoms with E-state index in [-0.39, 0.29) is 11.9 Å². The minimum absolute atomic E-state index is 0.0302. The van der Waals surface area contributed by atoms with Crippen LogP contribution in [0, 0.1) is 0 Å². The molecule has 1 unspecified atom stereocenters. The third-order valence-electron chi connectivity index (χ3n) is 2.11. The molecule has 0 aliphatic carbocycles. The Morgan fingerprint density at radius 3 is 2.57 bits per heavy atom. The summed E-state index contributed by atoms with van der Waals surface area (Å²) in [5.74, 6) is -0.0302. The predicted molar refractivity (Wildman–Crippen MR) is 59.1 cm³/mol. The molecule has 1 amide bonds. The van der Waals surface area contributed by atoms with Crippen molar-refractivity contribution in [1.29, 1.82) is 0 Å². The molecule has 0 aliphatic rings. The highest BCUT2D eigenvalue weighted by Crippen LogP contribution is 1.90. The van der Waals surface area contributed by atoms with Crippen LogP contribution in [0.25, 0.3) is 0 Å². The van der Waals surface area contributed by atoms with Crippen molar-refractivity contribution in [3.63, 3.8) is 0 Å². The Morgan fingerprint density at radius 1 is 1.43 bits per heavy atom. The maximum absolute atomic E-state index is 11.2. The molecule has 0 aromatic heterocycles. The first-order valence-electron chi connectivity index (χ1n) is 5.26. The summed E-state index contributed by atoms with van der Waals surface area (Å²) in [4.78, 5) is 13.4. The molecule has 0 aromatic rings. The van der Waals surface area contributed by atoms with Crippen molar-refractivity contribution < 1.29 is 4.79 Å². The van der Waals surface area contributed by atoms with E-state index >= 15 is 0 Å². The van der Waals surface area contributed by atoms with Crippen LogP contribution < -0.4 is 11.1 Å². The number of carbonyl (C=O) groups excluding carboxylic acids is 1. The predicted octanol–water partition coefficient (Wildman–Crippen LogP) is 0.182. The maximum Gasteiger partial charge on any atom is 0.236 e. The number of carbonyl (C=O) groups is 1. The van der Waals surface area contributed by atoms with Crippen molar-refractivity contribution in [3.8, 4) is 0 Å². The molecule has 0 aliphatic heterocycles. The van der Waals surface area contributed by atoms with Gasteiger partial charge in [0, 0.05) is 6.54 Å². The smallest absolute Gasteiger partial charge is 0.236 e. The van der Waals surface area contributed by atoms with Gasteiger partial charge in [0.25, 0.3) is 0 Å². The van der Waals surface area contributed by atoms with Crippen molar-refractivity contribution in [2.45, 2.75) is 32.2 Å². The standard InChI is InChI=1S/C10H23N3O/c1-4-9(11)10(14)12-7-5-6-8-13(2)3/h9H,4-8,11H2,1-3H3,(H,12,14). The van der Waals surface area contributed by atoms with Crippen LogP contribution in [0.5, 0.6) is 0 Å². The van der Waals surface area contributed by atoms with Crippen LogP contribution in [-0.4, -0.2) is 44.0 Å². The van der Waals surface area contributed by atoms with Crippen LogP contribution >= 0.6 is 0 Å². The first-order valence-corrected chi connectivity index (χ1v) is 5.26. The Balaban J connectivity index is 3.32.